The number of hydrogen-bond donors (Lipinski definition) is 1. The lowest BCUT2D eigenvalue weighted by Gasteiger charge is -2.08. The molecule has 7 heteroatoms. The van der Waals surface area contributed by atoms with Gasteiger partial charge in [0.05, 0.1) is 18.7 Å². The van der Waals surface area contributed by atoms with Crippen molar-refractivity contribution in [2.75, 3.05) is 12.4 Å². The highest BCUT2D eigenvalue weighted by Crippen LogP contribution is 2.31. The number of rotatable bonds is 4. The van der Waals surface area contributed by atoms with Crippen molar-refractivity contribution >= 4 is 22.6 Å². The smallest absolute Gasteiger partial charge is 0.275 e. The van der Waals surface area contributed by atoms with Gasteiger partial charge in [-0.05, 0) is 18.2 Å². The Balaban J connectivity index is 2.06. The van der Waals surface area contributed by atoms with Gasteiger partial charge in [0.25, 0.3) is 5.91 Å². The van der Waals surface area contributed by atoms with E-state index >= 15 is 0 Å². The third-order valence-corrected chi connectivity index (χ3v) is 3.56. The molecule has 3 rings (SSSR count). The predicted molar refractivity (Wildman–Crippen MR) is 84.3 cm³/mol. The summed E-state index contributed by atoms with van der Waals surface area (Å²) in [6, 6.07) is 5.00. The SMILES string of the molecule is CCc1cc2c(C(=O)Nc3c(F)cccc3F)ncc(OC)c2o1. The molecule has 2 heterocycles. The van der Waals surface area contributed by atoms with Crippen LogP contribution in [0.1, 0.15) is 23.2 Å². The Morgan fingerprint density at radius 1 is 1.33 bits per heavy atom. The van der Waals surface area contributed by atoms with Crippen LogP contribution in [-0.4, -0.2) is 18.0 Å². The minimum Gasteiger partial charge on any atom is -0.491 e. The van der Waals surface area contributed by atoms with Gasteiger partial charge >= 0.3 is 0 Å². The van der Waals surface area contributed by atoms with Gasteiger partial charge in [0.1, 0.15) is 28.8 Å². The Bertz CT molecular complexity index is 901. The van der Waals surface area contributed by atoms with E-state index in [1.165, 1.54) is 19.4 Å². The third kappa shape index (κ3) is 2.68. The van der Waals surface area contributed by atoms with Crippen LogP contribution in [0.15, 0.2) is 34.9 Å². The zero-order valence-corrected chi connectivity index (χ0v) is 13.0. The van der Waals surface area contributed by atoms with Gasteiger partial charge in [-0.25, -0.2) is 13.8 Å². The summed E-state index contributed by atoms with van der Waals surface area (Å²) < 4.78 is 38.2. The zero-order valence-electron chi connectivity index (χ0n) is 13.0. The summed E-state index contributed by atoms with van der Waals surface area (Å²) in [5.74, 6) is -1.46. The maximum atomic E-state index is 13.7. The van der Waals surface area contributed by atoms with Crippen molar-refractivity contribution in [2.45, 2.75) is 13.3 Å². The number of carbonyl (C=O) groups excluding carboxylic acids is 1. The molecule has 2 aromatic heterocycles. The number of nitrogens with one attached hydrogen (secondary N) is 1. The molecule has 24 heavy (non-hydrogen) atoms. The molecule has 0 saturated carbocycles. The molecule has 5 nitrogen and oxygen atoms in total. The summed E-state index contributed by atoms with van der Waals surface area (Å²) in [6.07, 6.45) is 1.94. The number of carbonyl (C=O) groups is 1. The van der Waals surface area contributed by atoms with Gasteiger partial charge in [0.2, 0.25) is 0 Å². The van der Waals surface area contributed by atoms with E-state index in [0.717, 1.165) is 12.1 Å². The second-order valence-corrected chi connectivity index (χ2v) is 5.04. The van der Waals surface area contributed by atoms with Gasteiger partial charge in [-0.2, -0.15) is 0 Å². The zero-order chi connectivity index (χ0) is 17.3. The molecule has 1 amide bonds. The minimum absolute atomic E-state index is 0.00287. The number of halogens is 2. The molecule has 124 valence electrons. The summed E-state index contributed by atoms with van der Waals surface area (Å²) in [4.78, 5) is 16.5. The molecule has 0 fully saturated rings. The molecule has 0 aliphatic carbocycles. The van der Waals surface area contributed by atoms with Crippen molar-refractivity contribution in [3.63, 3.8) is 0 Å². The second-order valence-electron chi connectivity index (χ2n) is 5.04. The number of benzene rings is 1. The molecule has 0 bridgehead atoms. The fraction of sp³-hybridized carbons (Fsp3) is 0.176. The molecule has 1 N–H and O–H groups in total. The van der Waals surface area contributed by atoms with E-state index in [2.05, 4.69) is 10.3 Å². The van der Waals surface area contributed by atoms with Crippen LogP contribution in [0.2, 0.25) is 0 Å². The topological polar surface area (TPSA) is 64.4 Å². The first-order chi connectivity index (χ1) is 11.5. The highest BCUT2D eigenvalue weighted by molar-refractivity contribution is 6.11. The lowest BCUT2D eigenvalue weighted by atomic mass is 10.2. The van der Waals surface area contributed by atoms with Gasteiger partial charge in [0, 0.05) is 6.42 Å². The van der Waals surface area contributed by atoms with Crippen LogP contribution in [0.4, 0.5) is 14.5 Å². The fourth-order valence-electron chi connectivity index (χ4n) is 2.34. The lowest BCUT2D eigenvalue weighted by molar-refractivity contribution is 0.102. The normalized spacial score (nSPS) is 10.8. The largest absolute Gasteiger partial charge is 0.491 e. The van der Waals surface area contributed by atoms with Crippen molar-refractivity contribution in [3.8, 4) is 5.75 Å². The Morgan fingerprint density at radius 3 is 2.67 bits per heavy atom. The quantitative estimate of drug-likeness (QED) is 0.786. The first kappa shape index (κ1) is 15.9. The molecular weight excluding hydrogens is 318 g/mol. The molecule has 0 spiro atoms. The number of nitrogens with zero attached hydrogens (tertiary/aromatic N) is 1. The highest BCUT2D eigenvalue weighted by Gasteiger charge is 2.21. The summed E-state index contributed by atoms with van der Waals surface area (Å²) in [6.45, 7) is 1.89. The molecular formula is C17H14F2N2O3. The number of fused-ring (bicyclic) bond motifs is 1. The third-order valence-electron chi connectivity index (χ3n) is 3.56. The van der Waals surface area contributed by atoms with Crippen LogP contribution in [0.5, 0.6) is 5.75 Å². The molecule has 0 aliphatic heterocycles. The summed E-state index contributed by atoms with van der Waals surface area (Å²) >= 11 is 0. The minimum atomic E-state index is -0.866. The van der Waals surface area contributed by atoms with Crippen molar-refractivity contribution < 1.29 is 22.7 Å². The number of aromatic nitrogens is 1. The van der Waals surface area contributed by atoms with Crippen molar-refractivity contribution in [2.24, 2.45) is 0 Å². The summed E-state index contributed by atoms with van der Waals surface area (Å²) in [5.41, 5.74) is -0.159. The molecule has 3 aromatic rings. The Labute approximate surface area is 136 Å². The monoisotopic (exact) mass is 332 g/mol. The van der Waals surface area contributed by atoms with Crippen molar-refractivity contribution in [1.29, 1.82) is 0 Å². The van der Waals surface area contributed by atoms with Crippen LogP contribution in [-0.2, 0) is 6.42 Å². The number of para-hydroxylation sites is 1. The second kappa shape index (κ2) is 6.27. The number of ether oxygens (including phenoxy) is 1. The maximum Gasteiger partial charge on any atom is 0.275 e. The van der Waals surface area contributed by atoms with E-state index in [1.807, 2.05) is 6.92 Å². The van der Waals surface area contributed by atoms with Crippen LogP contribution < -0.4 is 10.1 Å². The Hall–Kier alpha value is -2.96. The number of amides is 1. The predicted octanol–water partition coefficient (Wildman–Crippen LogP) is 3.93. The van der Waals surface area contributed by atoms with Gasteiger partial charge in [0.15, 0.2) is 11.3 Å². The van der Waals surface area contributed by atoms with E-state index < -0.39 is 23.2 Å². The first-order valence-corrected chi connectivity index (χ1v) is 7.26. The van der Waals surface area contributed by atoms with E-state index in [4.69, 9.17) is 9.15 Å². The molecule has 0 aliphatic rings. The van der Waals surface area contributed by atoms with Crippen LogP contribution in [0.3, 0.4) is 0 Å². The maximum absolute atomic E-state index is 13.7. The number of methoxy groups -OCH3 is 1. The van der Waals surface area contributed by atoms with E-state index in [-0.39, 0.29) is 5.69 Å². The fourth-order valence-corrected chi connectivity index (χ4v) is 2.34. The average molecular weight is 332 g/mol. The van der Waals surface area contributed by atoms with Crippen LogP contribution in [0, 0.1) is 11.6 Å². The van der Waals surface area contributed by atoms with E-state index in [1.54, 1.807) is 6.07 Å². The van der Waals surface area contributed by atoms with Gasteiger partial charge < -0.3 is 14.5 Å². The molecule has 1 aromatic carbocycles. The lowest BCUT2D eigenvalue weighted by Crippen LogP contribution is -2.16. The van der Waals surface area contributed by atoms with Crippen molar-refractivity contribution in [3.05, 3.63) is 53.6 Å². The number of furan rings is 1. The molecule has 0 radical (unpaired) electrons. The summed E-state index contributed by atoms with van der Waals surface area (Å²) in [5, 5.41) is 2.63. The van der Waals surface area contributed by atoms with Crippen molar-refractivity contribution in [1.82, 2.24) is 4.98 Å². The number of hydrogen-bond acceptors (Lipinski definition) is 4. The Morgan fingerprint density at radius 2 is 2.04 bits per heavy atom. The molecule has 0 unspecified atom stereocenters. The van der Waals surface area contributed by atoms with Gasteiger partial charge in [-0.1, -0.05) is 13.0 Å². The molecule has 0 saturated heterocycles. The summed E-state index contributed by atoms with van der Waals surface area (Å²) in [7, 11) is 1.46. The first-order valence-electron chi connectivity index (χ1n) is 7.26. The number of aryl methyl sites for hydroxylation is 1. The number of anilines is 1. The van der Waals surface area contributed by atoms with Gasteiger partial charge in [-0.3, -0.25) is 4.79 Å². The van der Waals surface area contributed by atoms with E-state index in [0.29, 0.717) is 28.9 Å². The van der Waals surface area contributed by atoms with E-state index in [9.17, 15) is 13.6 Å². The standard InChI is InChI=1S/C17H14F2N2O3/c1-3-9-7-10-14(20-8-13(23-2)16(10)24-9)17(22)21-15-11(18)5-4-6-12(15)19/h4-8H,3H2,1-2H3,(H,21,22). The van der Waals surface area contributed by atoms with Crippen LogP contribution in [0.25, 0.3) is 11.0 Å². The number of pyridine rings is 1. The average Bonchev–Trinajstić information content (AvgIpc) is 3.01. The Kier molecular flexibility index (Phi) is 4.16. The van der Waals surface area contributed by atoms with Crippen LogP contribution >= 0.6 is 0 Å². The highest BCUT2D eigenvalue weighted by atomic mass is 19.1. The van der Waals surface area contributed by atoms with Gasteiger partial charge in [-0.15, -0.1) is 0 Å². The molecule has 0 atom stereocenters.